The summed E-state index contributed by atoms with van der Waals surface area (Å²) in [5, 5.41) is 1.24. The Bertz CT molecular complexity index is 2660. The zero-order valence-corrected chi connectivity index (χ0v) is 31.3. The molecule has 4 heterocycles. The van der Waals surface area contributed by atoms with Crippen molar-refractivity contribution in [2.24, 2.45) is 5.92 Å². The molecule has 3 nitrogen and oxygen atoms in total. The van der Waals surface area contributed by atoms with Gasteiger partial charge in [-0.1, -0.05) is 108 Å². The first-order valence-corrected chi connectivity index (χ1v) is 19.0. The molecule has 4 unspecified atom stereocenters. The third-order valence-electron chi connectivity index (χ3n) is 13.6. The van der Waals surface area contributed by atoms with Crippen molar-refractivity contribution < 1.29 is 4.42 Å². The molecule has 5 aliphatic rings. The molecule has 5 aromatic carbocycles. The molecule has 0 bridgehead atoms. The normalized spacial score (nSPS) is 24.8. The van der Waals surface area contributed by atoms with Crippen LogP contribution in [0.3, 0.4) is 0 Å². The predicted octanol–water partition coefficient (Wildman–Crippen LogP) is 10.5. The van der Waals surface area contributed by atoms with Crippen LogP contribution in [0.2, 0.25) is 0 Å². The predicted molar refractivity (Wildman–Crippen MR) is 217 cm³/mol. The average molecular weight is 675 g/mol. The highest BCUT2D eigenvalue weighted by molar-refractivity contribution is 6.94. The average Bonchev–Trinajstić information content (AvgIpc) is 3.53. The quantitative estimate of drug-likeness (QED) is 0.128. The Kier molecular flexibility index (Phi) is 5.73. The second-order valence-electron chi connectivity index (χ2n) is 16.7. The van der Waals surface area contributed by atoms with Crippen LogP contribution in [0, 0.1) is 33.6 Å². The first kappa shape index (κ1) is 30.4. The molecule has 0 radical (unpaired) electrons. The van der Waals surface area contributed by atoms with Gasteiger partial charge in [0.2, 0.25) is 6.71 Å². The molecule has 0 fully saturated rings. The fourth-order valence-corrected chi connectivity index (χ4v) is 11.7. The van der Waals surface area contributed by atoms with Gasteiger partial charge >= 0.3 is 0 Å². The van der Waals surface area contributed by atoms with E-state index < -0.39 is 11.0 Å². The van der Waals surface area contributed by atoms with E-state index in [1.54, 1.807) is 5.57 Å². The minimum atomic E-state index is -0.468. The van der Waals surface area contributed by atoms with E-state index >= 15 is 0 Å². The van der Waals surface area contributed by atoms with Crippen molar-refractivity contribution >= 4 is 51.4 Å². The maximum Gasteiger partial charge on any atom is 0.247 e. The largest absolute Gasteiger partial charge is 0.459 e. The van der Waals surface area contributed by atoms with E-state index in [-0.39, 0.29) is 18.5 Å². The molecule has 4 heteroatoms. The number of fused-ring (bicyclic) bond motifs is 12. The summed E-state index contributed by atoms with van der Waals surface area (Å²) in [5.41, 5.74) is 21.8. The van der Waals surface area contributed by atoms with Gasteiger partial charge in [-0.15, -0.1) is 0 Å². The lowest BCUT2D eigenvalue weighted by atomic mass is 9.27. The lowest BCUT2D eigenvalue weighted by molar-refractivity contribution is 0.373. The number of hydrogen-bond acceptors (Lipinski definition) is 3. The summed E-state index contributed by atoms with van der Waals surface area (Å²) in [7, 11) is 0. The number of furan rings is 1. The van der Waals surface area contributed by atoms with Gasteiger partial charge in [-0.25, -0.2) is 0 Å². The number of benzene rings is 5. The molecule has 1 aromatic heterocycles. The SMILES string of the molecule is Cc1ccc(N2C3=C4B(c5cc(C)ccc52)c2cc(C)ccc2N2c5ccc(C)cc5C5(C)C(=C(C3C)C(C)c3c5oc5ccccc35)C42C)cc1. The molecule has 3 aliphatic heterocycles. The number of allylic oxidation sites excluding steroid dienone is 1. The van der Waals surface area contributed by atoms with Crippen molar-refractivity contribution in [3.05, 3.63) is 165 Å². The molecule has 0 spiro atoms. The Morgan fingerprint density at radius 1 is 0.654 bits per heavy atom. The second-order valence-corrected chi connectivity index (χ2v) is 16.7. The summed E-state index contributed by atoms with van der Waals surface area (Å²) in [6.45, 7) is 19.1. The minimum Gasteiger partial charge on any atom is -0.459 e. The molecule has 11 rings (SSSR count). The van der Waals surface area contributed by atoms with Crippen molar-refractivity contribution in [3.8, 4) is 0 Å². The topological polar surface area (TPSA) is 19.6 Å². The van der Waals surface area contributed by atoms with Gasteiger partial charge in [-0.3, -0.25) is 0 Å². The Morgan fingerprint density at radius 2 is 1.27 bits per heavy atom. The first-order valence-electron chi connectivity index (χ1n) is 19.0. The molecular weight excluding hydrogens is 631 g/mol. The Balaban J connectivity index is 1.36. The van der Waals surface area contributed by atoms with Gasteiger partial charge in [0, 0.05) is 51.2 Å². The lowest BCUT2D eigenvalue weighted by Gasteiger charge is -2.65. The highest BCUT2D eigenvalue weighted by Crippen LogP contribution is 2.69. The molecule has 4 atom stereocenters. The number of nitrogens with zero attached hydrogens (tertiary/aromatic N) is 2. The molecular formula is C48H43BN2O. The highest BCUT2D eigenvalue weighted by Gasteiger charge is 2.67. The van der Waals surface area contributed by atoms with Gasteiger partial charge in [0.1, 0.15) is 11.3 Å². The third kappa shape index (κ3) is 3.41. The van der Waals surface area contributed by atoms with E-state index in [9.17, 15) is 0 Å². The Hall–Kier alpha value is -5.22. The number of para-hydroxylation sites is 1. The molecule has 254 valence electrons. The van der Waals surface area contributed by atoms with Crippen LogP contribution >= 0.6 is 0 Å². The molecule has 0 saturated heterocycles. The van der Waals surface area contributed by atoms with Gasteiger partial charge in [0.05, 0.1) is 11.0 Å². The van der Waals surface area contributed by atoms with Gasteiger partial charge in [-0.05, 0) is 105 Å². The summed E-state index contributed by atoms with van der Waals surface area (Å²) in [6, 6.07) is 39.5. The summed E-state index contributed by atoms with van der Waals surface area (Å²) in [4.78, 5) is 5.40. The van der Waals surface area contributed by atoms with Crippen molar-refractivity contribution in [2.45, 2.75) is 72.3 Å². The number of aryl methyl sites for hydroxylation is 4. The number of rotatable bonds is 1. The third-order valence-corrected chi connectivity index (χ3v) is 13.6. The van der Waals surface area contributed by atoms with Crippen molar-refractivity contribution in [1.29, 1.82) is 0 Å². The van der Waals surface area contributed by atoms with Crippen LogP contribution in [0.5, 0.6) is 0 Å². The molecule has 0 saturated carbocycles. The van der Waals surface area contributed by atoms with Crippen LogP contribution < -0.4 is 20.7 Å². The van der Waals surface area contributed by atoms with Crippen LogP contribution in [0.1, 0.15) is 72.8 Å². The second kappa shape index (κ2) is 9.80. The summed E-state index contributed by atoms with van der Waals surface area (Å²) in [5.74, 6) is 1.46. The highest BCUT2D eigenvalue weighted by atomic mass is 16.3. The number of hydrogen-bond donors (Lipinski definition) is 0. The molecule has 2 aliphatic carbocycles. The Labute approximate surface area is 307 Å². The van der Waals surface area contributed by atoms with E-state index in [4.69, 9.17) is 4.42 Å². The van der Waals surface area contributed by atoms with Crippen molar-refractivity contribution in [2.75, 3.05) is 9.80 Å². The zero-order chi connectivity index (χ0) is 35.6. The van der Waals surface area contributed by atoms with Crippen LogP contribution in [-0.2, 0) is 5.41 Å². The van der Waals surface area contributed by atoms with E-state index in [0.29, 0.717) is 0 Å². The fourth-order valence-electron chi connectivity index (χ4n) is 11.7. The number of anilines is 4. The van der Waals surface area contributed by atoms with Crippen LogP contribution in [-0.4, -0.2) is 12.3 Å². The van der Waals surface area contributed by atoms with Crippen LogP contribution in [0.15, 0.2) is 130 Å². The minimum absolute atomic E-state index is 0.114. The molecule has 0 amide bonds. The van der Waals surface area contributed by atoms with E-state index in [0.717, 1.165) is 11.3 Å². The van der Waals surface area contributed by atoms with E-state index in [1.807, 2.05) is 0 Å². The van der Waals surface area contributed by atoms with Gasteiger partial charge in [0.15, 0.2) is 0 Å². The van der Waals surface area contributed by atoms with Crippen molar-refractivity contribution in [1.82, 2.24) is 0 Å². The lowest BCUT2D eigenvalue weighted by Crippen LogP contribution is -2.71. The van der Waals surface area contributed by atoms with Gasteiger partial charge < -0.3 is 14.2 Å². The van der Waals surface area contributed by atoms with Gasteiger partial charge in [-0.2, -0.15) is 0 Å². The maximum atomic E-state index is 7.17. The standard InChI is InChI=1S/C48H43BN2O/c1-26-13-18-32(19-14-26)50-38-21-16-28(3)24-35(38)49-36-25-29(4)17-22-39(36)51-37-20-15-27(2)23-34(37)47(7)44-41(31(6)43(50)45(49)48(44,51)8)30(5)42-33-11-9-10-12-40(33)52-46(42)47/h9-25,30-31H,1-8H3. The molecule has 0 N–H and O–H groups in total. The van der Waals surface area contributed by atoms with Crippen molar-refractivity contribution in [3.63, 3.8) is 0 Å². The summed E-state index contributed by atoms with van der Waals surface area (Å²) < 4.78 is 7.17. The monoisotopic (exact) mass is 674 g/mol. The zero-order valence-electron chi connectivity index (χ0n) is 31.3. The Morgan fingerprint density at radius 3 is 2.00 bits per heavy atom. The van der Waals surface area contributed by atoms with E-state index in [1.165, 1.54) is 89.2 Å². The van der Waals surface area contributed by atoms with Crippen LogP contribution in [0.4, 0.5) is 22.7 Å². The molecule has 52 heavy (non-hydrogen) atoms. The first-order chi connectivity index (χ1) is 25.0. The maximum absolute atomic E-state index is 7.17. The smallest absolute Gasteiger partial charge is 0.247 e. The summed E-state index contributed by atoms with van der Waals surface area (Å²) >= 11 is 0. The summed E-state index contributed by atoms with van der Waals surface area (Å²) in [6.07, 6.45) is 0. The fraction of sp³-hybridized carbons (Fsp3) is 0.250. The van der Waals surface area contributed by atoms with Gasteiger partial charge in [0.25, 0.3) is 0 Å². The van der Waals surface area contributed by atoms with E-state index in [2.05, 4.69) is 168 Å². The molecule has 6 aromatic rings. The van der Waals surface area contributed by atoms with Crippen LogP contribution in [0.25, 0.3) is 11.0 Å².